The molecule has 0 aliphatic rings. The van der Waals surface area contributed by atoms with E-state index in [1.807, 2.05) is 0 Å². The molecule has 0 unspecified atom stereocenters. The molecule has 0 radical (unpaired) electrons. The molecule has 15 nitrogen and oxygen atoms in total. The minimum atomic E-state index is -0.820. The molecular formula is C22H24N6O9. The quantitative estimate of drug-likeness (QED) is 0.187. The Morgan fingerprint density at radius 2 is 1.46 bits per heavy atom. The summed E-state index contributed by atoms with van der Waals surface area (Å²) in [6.07, 6.45) is 0.0524. The third-order valence-corrected chi connectivity index (χ3v) is 4.91. The van der Waals surface area contributed by atoms with Crippen LogP contribution in [0.15, 0.2) is 46.6 Å². The predicted octanol–water partition coefficient (Wildman–Crippen LogP) is 3.81. The van der Waals surface area contributed by atoms with Crippen molar-refractivity contribution >= 4 is 52.0 Å². The SMILES string of the molecule is COC(=O)CCN(CCC(=O)OC)c1ccc(N=Nc2ccc([N+](=O)[O-])cc2[N+](=O)[O-])c(NC(C)=O)c1. The van der Waals surface area contributed by atoms with Crippen molar-refractivity contribution in [1.82, 2.24) is 0 Å². The van der Waals surface area contributed by atoms with Gasteiger partial charge in [0.1, 0.15) is 5.69 Å². The second-order valence-corrected chi connectivity index (χ2v) is 7.41. The first kappa shape index (κ1) is 28.3. The number of carbonyl (C=O) groups excluding carboxylic acids is 3. The van der Waals surface area contributed by atoms with E-state index in [2.05, 4.69) is 25.0 Å². The van der Waals surface area contributed by atoms with Gasteiger partial charge in [0, 0.05) is 31.8 Å². The van der Waals surface area contributed by atoms with Crippen LogP contribution >= 0.6 is 0 Å². The van der Waals surface area contributed by atoms with Crippen molar-refractivity contribution in [3.8, 4) is 0 Å². The number of esters is 2. The van der Waals surface area contributed by atoms with Crippen LogP contribution in [-0.4, -0.2) is 55.0 Å². The number of hydrogen-bond donors (Lipinski definition) is 1. The number of nitro benzene ring substituents is 2. The Labute approximate surface area is 210 Å². The summed E-state index contributed by atoms with van der Waals surface area (Å²) in [4.78, 5) is 57.5. The highest BCUT2D eigenvalue weighted by molar-refractivity contribution is 5.93. The van der Waals surface area contributed by atoms with Gasteiger partial charge in [0.05, 0.1) is 48.7 Å². The van der Waals surface area contributed by atoms with Crippen LogP contribution < -0.4 is 10.2 Å². The molecule has 196 valence electrons. The van der Waals surface area contributed by atoms with E-state index in [0.717, 1.165) is 18.2 Å². The van der Waals surface area contributed by atoms with Gasteiger partial charge in [0.25, 0.3) is 5.69 Å². The fourth-order valence-electron chi connectivity index (χ4n) is 3.09. The van der Waals surface area contributed by atoms with E-state index < -0.39 is 39.1 Å². The Kier molecular flexibility index (Phi) is 10.1. The van der Waals surface area contributed by atoms with Gasteiger partial charge in [0.15, 0.2) is 5.69 Å². The first-order valence-corrected chi connectivity index (χ1v) is 10.7. The Hall–Kier alpha value is -4.95. The zero-order valence-corrected chi connectivity index (χ0v) is 20.2. The van der Waals surface area contributed by atoms with Gasteiger partial charge in [-0.1, -0.05) is 0 Å². The molecule has 0 bridgehead atoms. The summed E-state index contributed by atoms with van der Waals surface area (Å²) in [5.41, 5.74) is -0.477. The van der Waals surface area contributed by atoms with Gasteiger partial charge in [0.2, 0.25) is 5.91 Å². The molecule has 1 N–H and O–H groups in total. The molecule has 2 aromatic rings. The third kappa shape index (κ3) is 8.34. The minimum Gasteiger partial charge on any atom is -0.469 e. The Bertz CT molecular complexity index is 1210. The number of anilines is 2. The molecule has 15 heteroatoms. The number of non-ortho nitro benzene ring substituents is 1. The highest BCUT2D eigenvalue weighted by atomic mass is 16.6. The van der Waals surface area contributed by atoms with Crippen LogP contribution in [0.25, 0.3) is 0 Å². The topological polar surface area (TPSA) is 196 Å². The molecule has 0 spiro atoms. The van der Waals surface area contributed by atoms with Crippen molar-refractivity contribution < 1.29 is 33.7 Å². The van der Waals surface area contributed by atoms with E-state index in [0.29, 0.717) is 5.69 Å². The minimum absolute atomic E-state index is 0.0262. The van der Waals surface area contributed by atoms with Crippen LogP contribution in [0.5, 0.6) is 0 Å². The van der Waals surface area contributed by atoms with Crippen LogP contribution in [0, 0.1) is 20.2 Å². The summed E-state index contributed by atoms with van der Waals surface area (Å²) in [5.74, 6) is -1.36. The number of rotatable bonds is 12. The summed E-state index contributed by atoms with van der Waals surface area (Å²) in [7, 11) is 2.51. The normalized spacial score (nSPS) is 10.6. The number of azo groups is 1. The van der Waals surface area contributed by atoms with Crippen molar-refractivity contribution in [1.29, 1.82) is 0 Å². The Balaban J connectivity index is 2.45. The monoisotopic (exact) mass is 516 g/mol. The maximum Gasteiger partial charge on any atom is 0.307 e. The molecule has 0 atom stereocenters. The lowest BCUT2D eigenvalue weighted by Gasteiger charge is -2.25. The van der Waals surface area contributed by atoms with Gasteiger partial charge >= 0.3 is 17.6 Å². The number of nitrogens with zero attached hydrogens (tertiary/aromatic N) is 5. The standard InChI is InChI=1S/C22H24N6O9/c1-14(29)23-19-12-15(26(10-8-21(30)36-2)11-9-22(31)37-3)4-6-17(19)24-25-18-7-5-16(27(32)33)13-20(18)28(34)35/h4-7,12-13H,8-11H2,1-3H3,(H,23,29). The van der Waals surface area contributed by atoms with Crippen molar-refractivity contribution in [2.75, 3.05) is 37.5 Å². The lowest BCUT2D eigenvalue weighted by atomic mass is 10.2. The van der Waals surface area contributed by atoms with E-state index >= 15 is 0 Å². The maximum atomic E-state index is 11.8. The second-order valence-electron chi connectivity index (χ2n) is 7.41. The van der Waals surface area contributed by atoms with Crippen LogP contribution in [0.1, 0.15) is 19.8 Å². The number of hydrogen-bond acceptors (Lipinski definition) is 12. The zero-order valence-electron chi connectivity index (χ0n) is 20.2. The molecule has 37 heavy (non-hydrogen) atoms. The highest BCUT2D eigenvalue weighted by Gasteiger charge is 2.20. The molecular weight excluding hydrogens is 492 g/mol. The maximum absolute atomic E-state index is 11.8. The largest absolute Gasteiger partial charge is 0.469 e. The molecule has 0 aliphatic heterocycles. The van der Waals surface area contributed by atoms with Gasteiger partial charge < -0.3 is 19.7 Å². The molecule has 1 amide bonds. The summed E-state index contributed by atoms with van der Waals surface area (Å²) < 4.78 is 9.35. The number of methoxy groups -OCH3 is 2. The van der Waals surface area contributed by atoms with Crippen LogP contribution in [0.4, 0.5) is 34.1 Å². The fraction of sp³-hybridized carbons (Fsp3) is 0.318. The lowest BCUT2D eigenvalue weighted by Crippen LogP contribution is -2.29. The van der Waals surface area contributed by atoms with Gasteiger partial charge in [-0.2, -0.15) is 0 Å². The number of amides is 1. The zero-order chi connectivity index (χ0) is 27.5. The first-order valence-electron chi connectivity index (χ1n) is 10.7. The van der Waals surface area contributed by atoms with Crippen LogP contribution in [0.3, 0.4) is 0 Å². The van der Waals surface area contributed by atoms with E-state index in [1.165, 1.54) is 33.3 Å². The average Bonchev–Trinajstić information content (AvgIpc) is 2.86. The predicted molar refractivity (Wildman–Crippen MR) is 130 cm³/mol. The van der Waals surface area contributed by atoms with Gasteiger partial charge in [-0.05, 0) is 24.3 Å². The Morgan fingerprint density at radius 3 is 1.97 bits per heavy atom. The van der Waals surface area contributed by atoms with Gasteiger partial charge in [-0.3, -0.25) is 34.6 Å². The fourth-order valence-corrected chi connectivity index (χ4v) is 3.09. The van der Waals surface area contributed by atoms with Gasteiger partial charge in [-0.25, -0.2) is 0 Å². The Morgan fingerprint density at radius 1 is 0.892 bits per heavy atom. The number of carbonyl (C=O) groups is 3. The smallest absolute Gasteiger partial charge is 0.307 e. The van der Waals surface area contributed by atoms with E-state index in [1.54, 1.807) is 11.0 Å². The van der Waals surface area contributed by atoms with Crippen molar-refractivity contribution in [3.05, 3.63) is 56.6 Å². The molecule has 0 heterocycles. The van der Waals surface area contributed by atoms with Crippen molar-refractivity contribution in [2.24, 2.45) is 10.2 Å². The molecule has 0 fully saturated rings. The van der Waals surface area contributed by atoms with Gasteiger partial charge in [-0.15, -0.1) is 10.2 Å². The molecule has 0 saturated heterocycles. The number of nitrogens with one attached hydrogen (secondary N) is 1. The lowest BCUT2D eigenvalue weighted by molar-refractivity contribution is -0.393. The van der Waals surface area contributed by atoms with Crippen molar-refractivity contribution in [3.63, 3.8) is 0 Å². The number of ether oxygens (including phenoxy) is 2. The molecule has 0 saturated carbocycles. The van der Waals surface area contributed by atoms with Crippen molar-refractivity contribution in [2.45, 2.75) is 19.8 Å². The third-order valence-electron chi connectivity index (χ3n) is 4.91. The van der Waals surface area contributed by atoms with E-state index in [9.17, 15) is 34.6 Å². The number of nitro groups is 2. The number of benzene rings is 2. The summed E-state index contributed by atoms with van der Waals surface area (Å²) >= 11 is 0. The molecule has 2 aromatic carbocycles. The van der Waals surface area contributed by atoms with Crippen LogP contribution in [0.2, 0.25) is 0 Å². The highest BCUT2D eigenvalue weighted by Crippen LogP contribution is 2.35. The summed E-state index contributed by atoms with van der Waals surface area (Å²) in [6, 6.07) is 7.53. The van der Waals surface area contributed by atoms with E-state index in [-0.39, 0.29) is 43.0 Å². The van der Waals surface area contributed by atoms with Crippen LogP contribution in [-0.2, 0) is 23.9 Å². The summed E-state index contributed by atoms with van der Waals surface area (Å²) in [6.45, 7) is 1.65. The molecule has 2 rings (SSSR count). The molecule has 0 aliphatic carbocycles. The second kappa shape index (κ2) is 13.2. The average molecular weight is 516 g/mol. The van der Waals surface area contributed by atoms with E-state index in [4.69, 9.17) is 0 Å². The molecule has 0 aromatic heterocycles. The summed E-state index contributed by atoms with van der Waals surface area (Å²) in [5, 5.41) is 32.7. The first-order chi connectivity index (χ1) is 17.5.